The summed E-state index contributed by atoms with van der Waals surface area (Å²) in [5.41, 5.74) is 0.331. The average molecular weight is 268 g/mol. The third kappa shape index (κ3) is 2.32. The fourth-order valence-electron chi connectivity index (χ4n) is 2.24. The summed E-state index contributed by atoms with van der Waals surface area (Å²) in [4.78, 5) is 22.8. The van der Waals surface area contributed by atoms with E-state index in [1.807, 2.05) is 12.2 Å². The molecule has 2 aliphatic carbocycles. The van der Waals surface area contributed by atoms with Gasteiger partial charge in [0.25, 0.3) is 0 Å². The summed E-state index contributed by atoms with van der Waals surface area (Å²) in [6, 6.07) is 0. The molecular formula is C13H16O4S. The summed E-state index contributed by atoms with van der Waals surface area (Å²) in [6.07, 6.45) is 4.86. The lowest BCUT2D eigenvalue weighted by atomic mass is 10.2. The second-order valence-electron chi connectivity index (χ2n) is 4.71. The first-order valence-electron chi connectivity index (χ1n) is 5.85. The highest BCUT2D eigenvalue weighted by atomic mass is 32.1. The molecule has 0 bridgehead atoms. The number of fused-ring (bicyclic) bond motifs is 1. The number of esters is 2. The molecule has 2 rings (SSSR count). The van der Waals surface area contributed by atoms with Crippen molar-refractivity contribution in [2.45, 2.75) is 18.1 Å². The van der Waals surface area contributed by atoms with Crippen LogP contribution in [-0.2, 0) is 19.1 Å². The number of ether oxygens (including phenoxy) is 2. The van der Waals surface area contributed by atoms with Gasteiger partial charge in [0.1, 0.15) is 13.2 Å². The lowest BCUT2D eigenvalue weighted by Gasteiger charge is -2.08. The molecule has 0 saturated heterocycles. The van der Waals surface area contributed by atoms with Gasteiger partial charge in [0.05, 0.1) is 5.92 Å². The molecule has 0 amide bonds. The van der Waals surface area contributed by atoms with E-state index >= 15 is 0 Å². The van der Waals surface area contributed by atoms with E-state index in [0.717, 1.165) is 6.42 Å². The number of allylic oxidation sites excluding steroid dienone is 2. The van der Waals surface area contributed by atoms with Crippen LogP contribution in [0.5, 0.6) is 0 Å². The van der Waals surface area contributed by atoms with Crippen LogP contribution in [0.25, 0.3) is 0 Å². The molecule has 98 valence electrons. The second kappa shape index (κ2) is 4.80. The second-order valence-corrected chi connectivity index (χ2v) is 5.54. The molecule has 0 radical (unpaired) electrons. The summed E-state index contributed by atoms with van der Waals surface area (Å²) in [7, 11) is 0. The standard InChI is InChI=1S/C13H16O4S/c1-8(2)11(14)16-6-7-17-12(15)10-9-4-3-5-13(9,10)18/h3-4,9-10,18H,1,5-7H2,2H3/t9-,10?,13?/m0/s1. The van der Waals surface area contributed by atoms with Crippen LogP contribution in [0.4, 0.5) is 0 Å². The Morgan fingerprint density at radius 2 is 2.11 bits per heavy atom. The number of hydrogen-bond acceptors (Lipinski definition) is 5. The van der Waals surface area contributed by atoms with Crippen LogP contribution in [-0.4, -0.2) is 29.9 Å². The largest absolute Gasteiger partial charge is 0.462 e. The first-order chi connectivity index (χ1) is 8.47. The van der Waals surface area contributed by atoms with E-state index in [-0.39, 0.29) is 35.8 Å². The number of hydrogen-bond donors (Lipinski definition) is 1. The summed E-state index contributed by atoms with van der Waals surface area (Å²) in [5.74, 6) is -0.678. The number of thiol groups is 1. The quantitative estimate of drug-likeness (QED) is 0.270. The van der Waals surface area contributed by atoms with Crippen molar-refractivity contribution in [3.8, 4) is 0 Å². The molecule has 5 heteroatoms. The van der Waals surface area contributed by atoms with Crippen molar-refractivity contribution >= 4 is 24.6 Å². The third-order valence-electron chi connectivity index (χ3n) is 3.32. The summed E-state index contributed by atoms with van der Waals surface area (Å²) in [5, 5.41) is 0. The molecule has 4 nitrogen and oxygen atoms in total. The topological polar surface area (TPSA) is 52.6 Å². The zero-order chi connectivity index (χ0) is 13.3. The Morgan fingerprint density at radius 1 is 1.44 bits per heavy atom. The van der Waals surface area contributed by atoms with Crippen LogP contribution in [0.15, 0.2) is 24.3 Å². The van der Waals surface area contributed by atoms with E-state index in [1.54, 1.807) is 6.92 Å². The van der Waals surface area contributed by atoms with Gasteiger partial charge in [-0.1, -0.05) is 18.7 Å². The van der Waals surface area contributed by atoms with Crippen LogP contribution < -0.4 is 0 Å². The molecular weight excluding hydrogens is 252 g/mol. The van der Waals surface area contributed by atoms with E-state index in [1.165, 1.54) is 0 Å². The molecule has 1 saturated carbocycles. The predicted molar refractivity (Wildman–Crippen MR) is 69.2 cm³/mol. The van der Waals surface area contributed by atoms with Crippen LogP contribution in [0.1, 0.15) is 13.3 Å². The highest BCUT2D eigenvalue weighted by Crippen LogP contribution is 2.62. The van der Waals surface area contributed by atoms with E-state index < -0.39 is 5.97 Å². The molecule has 0 aromatic rings. The highest BCUT2D eigenvalue weighted by molar-refractivity contribution is 7.82. The maximum Gasteiger partial charge on any atom is 0.333 e. The Balaban J connectivity index is 1.67. The average Bonchev–Trinajstić information content (AvgIpc) is 2.70. The maximum absolute atomic E-state index is 11.7. The minimum absolute atomic E-state index is 0.0598. The Kier molecular flexibility index (Phi) is 3.52. The van der Waals surface area contributed by atoms with Crippen molar-refractivity contribution in [2.75, 3.05) is 13.2 Å². The molecule has 0 aromatic heterocycles. The molecule has 0 heterocycles. The molecule has 0 spiro atoms. The van der Waals surface area contributed by atoms with Gasteiger partial charge in [0.15, 0.2) is 0 Å². The van der Waals surface area contributed by atoms with Crippen LogP contribution in [0.3, 0.4) is 0 Å². The molecule has 0 N–H and O–H groups in total. The fourth-order valence-corrected chi connectivity index (χ4v) is 2.77. The molecule has 2 unspecified atom stereocenters. The Bertz CT molecular complexity index is 429. The molecule has 2 aliphatic rings. The molecule has 0 aromatic carbocycles. The van der Waals surface area contributed by atoms with E-state index in [4.69, 9.17) is 9.47 Å². The number of rotatable bonds is 5. The molecule has 3 atom stereocenters. The number of carbonyl (C=O) groups is 2. The van der Waals surface area contributed by atoms with Gasteiger partial charge in [-0.2, -0.15) is 12.6 Å². The van der Waals surface area contributed by atoms with Gasteiger partial charge < -0.3 is 9.47 Å². The van der Waals surface area contributed by atoms with Crippen molar-refractivity contribution in [2.24, 2.45) is 11.8 Å². The molecule has 1 fully saturated rings. The van der Waals surface area contributed by atoms with E-state index in [0.29, 0.717) is 5.57 Å². The van der Waals surface area contributed by atoms with Crippen molar-refractivity contribution < 1.29 is 19.1 Å². The summed E-state index contributed by atoms with van der Waals surface area (Å²) < 4.78 is 9.66. The minimum Gasteiger partial charge on any atom is -0.462 e. The van der Waals surface area contributed by atoms with E-state index in [2.05, 4.69) is 19.2 Å². The Morgan fingerprint density at radius 3 is 2.67 bits per heavy atom. The maximum atomic E-state index is 11.7. The normalized spacial score (nSPS) is 31.7. The fraction of sp³-hybridized carbons (Fsp3) is 0.538. The first kappa shape index (κ1) is 13.2. The van der Waals surface area contributed by atoms with Crippen LogP contribution >= 0.6 is 12.6 Å². The Labute approximate surface area is 111 Å². The van der Waals surface area contributed by atoms with Crippen molar-refractivity contribution in [3.05, 3.63) is 24.3 Å². The lowest BCUT2D eigenvalue weighted by molar-refractivity contribution is -0.151. The zero-order valence-electron chi connectivity index (χ0n) is 10.2. The number of carbonyl (C=O) groups excluding carboxylic acids is 2. The van der Waals surface area contributed by atoms with Crippen molar-refractivity contribution in [1.29, 1.82) is 0 Å². The van der Waals surface area contributed by atoms with Crippen LogP contribution in [0, 0.1) is 11.8 Å². The van der Waals surface area contributed by atoms with Gasteiger partial charge in [-0.25, -0.2) is 4.79 Å². The van der Waals surface area contributed by atoms with Gasteiger partial charge in [0, 0.05) is 16.2 Å². The molecule has 18 heavy (non-hydrogen) atoms. The summed E-state index contributed by atoms with van der Waals surface area (Å²) >= 11 is 4.50. The van der Waals surface area contributed by atoms with E-state index in [9.17, 15) is 9.59 Å². The van der Waals surface area contributed by atoms with Gasteiger partial charge in [-0.05, 0) is 13.3 Å². The SMILES string of the molecule is C=C(C)C(=O)OCCOC(=O)C1[C@@H]2C=CCC12S. The smallest absolute Gasteiger partial charge is 0.333 e. The Hall–Kier alpha value is -1.23. The minimum atomic E-state index is -0.470. The predicted octanol–water partition coefficient (Wildman–Crippen LogP) is 1.52. The highest BCUT2D eigenvalue weighted by Gasteiger charge is 2.67. The van der Waals surface area contributed by atoms with Gasteiger partial charge in [-0.3, -0.25) is 4.79 Å². The third-order valence-corrected chi connectivity index (χ3v) is 4.08. The first-order valence-corrected chi connectivity index (χ1v) is 6.30. The molecule has 0 aliphatic heterocycles. The van der Waals surface area contributed by atoms with Gasteiger partial charge in [-0.15, -0.1) is 0 Å². The van der Waals surface area contributed by atoms with Gasteiger partial charge >= 0.3 is 11.9 Å². The zero-order valence-corrected chi connectivity index (χ0v) is 11.1. The van der Waals surface area contributed by atoms with Crippen LogP contribution in [0.2, 0.25) is 0 Å². The van der Waals surface area contributed by atoms with Gasteiger partial charge in [0.2, 0.25) is 0 Å². The summed E-state index contributed by atoms with van der Waals surface area (Å²) in [6.45, 7) is 5.16. The lowest BCUT2D eigenvalue weighted by Crippen LogP contribution is -2.18. The monoisotopic (exact) mass is 268 g/mol. The van der Waals surface area contributed by atoms with Crippen molar-refractivity contribution in [3.63, 3.8) is 0 Å². The van der Waals surface area contributed by atoms with Crippen molar-refractivity contribution in [1.82, 2.24) is 0 Å².